The van der Waals surface area contributed by atoms with Crippen LogP contribution < -0.4 is 5.32 Å². The molecule has 0 fully saturated rings. The minimum Gasteiger partial charge on any atom is -0.410 e. The maximum Gasteiger partial charge on any atom is 0.168 e. The smallest absolute Gasteiger partial charge is 0.168 e. The van der Waals surface area contributed by atoms with Crippen molar-refractivity contribution in [2.75, 3.05) is 5.32 Å². The van der Waals surface area contributed by atoms with Crippen molar-refractivity contribution in [2.45, 2.75) is 0 Å². The second-order valence-corrected chi connectivity index (χ2v) is 2.99. The zero-order valence-electron chi connectivity index (χ0n) is 5.70. The van der Waals surface area contributed by atoms with Crippen LogP contribution in [0.5, 0.6) is 0 Å². The molecule has 12 heavy (non-hydrogen) atoms. The molecule has 0 spiro atoms. The normalized spacial score (nSPS) is 10.5. The van der Waals surface area contributed by atoms with Gasteiger partial charge in [0.25, 0.3) is 0 Å². The molecule has 64 valence electrons. The van der Waals surface area contributed by atoms with Crippen LogP contribution >= 0.6 is 27.5 Å². The lowest BCUT2D eigenvalue weighted by Crippen LogP contribution is -1.99. The van der Waals surface area contributed by atoms with Crippen molar-refractivity contribution in [2.24, 2.45) is 5.16 Å². The molecule has 0 saturated heterocycles. The number of hydrogen-bond donors (Lipinski definition) is 2. The fourth-order valence-corrected chi connectivity index (χ4v) is 1.22. The van der Waals surface area contributed by atoms with Crippen molar-refractivity contribution < 1.29 is 5.21 Å². The van der Waals surface area contributed by atoms with E-state index in [0.29, 0.717) is 10.3 Å². The average Bonchev–Trinajstić information content (AvgIpc) is 2.03. The molecule has 1 aromatic heterocycles. The van der Waals surface area contributed by atoms with Gasteiger partial charge in [-0.25, -0.2) is 0 Å². The van der Waals surface area contributed by atoms with Crippen molar-refractivity contribution in [3.8, 4) is 0 Å². The number of halogens is 2. The number of hydrogen-bond acceptors (Lipinski definition) is 4. The first-order chi connectivity index (χ1) is 5.74. The van der Waals surface area contributed by atoms with Gasteiger partial charge in [-0.15, -0.1) is 10.2 Å². The van der Waals surface area contributed by atoms with E-state index in [4.69, 9.17) is 16.8 Å². The molecule has 1 heterocycles. The third-order valence-corrected chi connectivity index (χ3v) is 1.77. The van der Waals surface area contributed by atoms with Crippen LogP contribution in [0.15, 0.2) is 15.7 Å². The molecular weight excluding hydrogens is 247 g/mol. The molecule has 0 unspecified atom stereocenters. The second-order valence-electron chi connectivity index (χ2n) is 1.75. The first-order valence-electron chi connectivity index (χ1n) is 2.85. The van der Waals surface area contributed by atoms with Gasteiger partial charge in [0.2, 0.25) is 0 Å². The number of oxime groups is 1. The quantitative estimate of drug-likeness (QED) is 0.363. The summed E-state index contributed by atoms with van der Waals surface area (Å²) in [6.07, 6.45) is 1.07. The largest absolute Gasteiger partial charge is 0.410 e. The first-order valence-corrected chi connectivity index (χ1v) is 4.02. The van der Waals surface area contributed by atoms with Crippen molar-refractivity contribution >= 4 is 39.7 Å². The summed E-state index contributed by atoms with van der Waals surface area (Å²) in [5.41, 5.74) is 0. The third-order valence-electron chi connectivity index (χ3n) is 0.977. The minimum atomic E-state index is 0.286. The van der Waals surface area contributed by atoms with Gasteiger partial charge in [-0.3, -0.25) is 0 Å². The van der Waals surface area contributed by atoms with Crippen LogP contribution in [0.4, 0.5) is 5.82 Å². The van der Waals surface area contributed by atoms with E-state index in [1.54, 1.807) is 6.07 Å². The van der Waals surface area contributed by atoms with E-state index in [1.165, 1.54) is 0 Å². The molecule has 2 N–H and O–H groups in total. The highest BCUT2D eigenvalue weighted by molar-refractivity contribution is 9.10. The summed E-state index contributed by atoms with van der Waals surface area (Å²) in [6, 6.07) is 1.57. The number of rotatable bonds is 2. The zero-order valence-corrected chi connectivity index (χ0v) is 8.04. The van der Waals surface area contributed by atoms with E-state index < -0.39 is 0 Å². The van der Waals surface area contributed by atoms with Crippen molar-refractivity contribution in [1.82, 2.24) is 10.2 Å². The fraction of sp³-hybridized carbons (Fsp3) is 0. The topological polar surface area (TPSA) is 70.4 Å². The van der Waals surface area contributed by atoms with Crippen LogP contribution in [0.25, 0.3) is 0 Å². The molecule has 0 aromatic carbocycles. The molecule has 1 rings (SSSR count). The lowest BCUT2D eigenvalue weighted by atomic mass is 10.5. The van der Waals surface area contributed by atoms with Gasteiger partial charge < -0.3 is 10.5 Å². The summed E-state index contributed by atoms with van der Waals surface area (Å²) in [5.74, 6) is 0.428. The Morgan fingerprint density at radius 2 is 2.42 bits per heavy atom. The number of anilines is 1. The van der Waals surface area contributed by atoms with Crippen molar-refractivity contribution in [1.29, 1.82) is 0 Å². The molecule has 5 nitrogen and oxygen atoms in total. The van der Waals surface area contributed by atoms with Gasteiger partial charge in [0, 0.05) is 0 Å². The summed E-state index contributed by atoms with van der Waals surface area (Å²) in [7, 11) is 0. The highest BCUT2D eigenvalue weighted by Gasteiger charge is 2.00. The van der Waals surface area contributed by atoms with Crippen molar-refractivity contribution in [3.63, 3.8) is 0 Å². The van der Waals surface area contributed by atoms with Crippen LogP contribution in [0, 0.1) is 0 Å². The highest BCUT2D eigenvalue weighted by atomic mass is 79.9. The van der Waals surface area contributed by atoms with Crippen LogP contribution in [0.1, 0.15) is 0 Å². The van der Waals surface area contributed by atoms with E-state index in [0.717, 1.165) is 6.34 Å². The molecule has 0 aliphatic rings. The molecule has 0 bridgehead atoms. The Hall–Kier alpha value is -0.880. The van der Waals surface area contributed by atoms with Gasteiger partial charge in [-0.05, 0) is 22.0 Å². The zero-order chi connectivity index (χ0) is 8.97. The monoisotopic (exact) mass is 250 g/mol. The minimum absolute atomic E-state index is 0.286. The van der Waals surface area contributed by atoms with E-state index in [1.807, 2.05) is 0 Å². The molecule has 0 aliphatic carbocycles. The van der Waals surface area contributed by atoms with E-state index in [2.05, 4.69) is 36.6 Å². The lowest BCUT2D eigenvalue weighted by molar-refractivity contribution is 0.321. The highest BCUT2D eigenvalue weighted by Crippen LogP contribution is 2.20. The summed E-state index contributed by atoms with van der Waals surface area (Å²) in [5, 5.41) is 20.9. The first kappa shape index (κ1) is 9.21. The molecule has 0 radical (unpaired) electrons. The molecular formula is C5H4BrClN4O. The lowest BCUT2D eigenvalue weighted by Gasteiger charge is -1.99. The Bertz CT molecular complexity index is 305. The Morgan fingerprint density at radius 1 is 1.67 bits per heavy atom. The predicted molar refractivity (Wildman–Crippen MR) is 48.6 cm³/mol. The maximum absolute atomic E-state index is 8.09. The average molecular weight is 251 g/mol. The Kier molecular flexibility index (Phi) is 3.24. The third kappa shape index (κ3) is 2.31. The maximum atomic E-state index is 8.09. The van der Waals surface area contributed by atoms with Gasteiger partial charge in [-0.2, -0.15) is 0 Å². The Balaban J connectivity index is 2.86. The SMILES string of the molecule is ON=CNc1nnc(Cl)cc1Br. The fourth-order valence-electron chi connectivity index (χ4n) is 0.535. The predicted octanol–water partition coefficient (Wildman–Crippen LogP) is 1.72. The Morgan fingerprint density at radius 3 is 3.00 bits per heavy atom. The van der Waals surface area contributed by atoms with Gasteiger partial charge in [0.15, 0.2) is 11.0 Å². The number of nitrogens with zero attached hydrogens (tertiary/aromatic N) is 3. The number of aromatic nitrogens is 2. The molecule has 0 aliphatic heterocycles. The van der Waals surface area contributed by atoms with Crippen LogP contribution in [0.3, 0.4) is 0 Å². The van der Waals surface area contributed by atoms with E-state index in [9.17, 15) is 0 Å². The van der Waals surface area contributed by atoms with Gasteiger partial charge in [0.05, 0.1) is 4.47 Å². The molecule has 0 amide bonds. The van der Waals surface area contributed by atoms with Gasteiger partial charge >= 0.3 is 0 Å². The summed E-state index contributed by atoms with van der Waals surface area (Å²) >= 11 is 8.72. The van der Waals surface area contributed by atoms with Gasteiger partial charge in [-0.1, -0.05) is 16.8 Å². The Labute approximate surface area is 81.6 Å². The van der Waals surface area contributed by atoms with Crippen LogP contribution in [-0.2, 0) is 0 Å². The standard InChI is InChI=1S/C5H4BrClN4O/c6-3-1-4(7)10-11-5(3)8-2-9-12/h1-2,12H,(H,8,9,11). The molecule has 1 aromatic rings. The summed E-state index contributed by atoms with van der Waals surface area (Å²) in [4.78, 5) is 0. The van der Waals surface area contributed by atoms with Crippen LogP contribution in [0.2, 0.25) is 5.15 Å². The van der Waals surface area contributed by atoms with E-state index >= 15 is 0 Å². The van der Waals surface area contributed by atoms with Crippen LogP contribution in [-0.4, -0.2) is 21.7 Å². The molecule has 7 heteroatoms. The van der Waals surface area contributed by atoms with Crippen molar-refractivity contribution in [3.05, 3.63) is 15.7 Å². The summed E-state index contributed by atoms with van der Waals surface area (Å²) in [6.45, 7) is 0. The molecule has 0 saturated carbocycles. The van der Waals surface area contributed by atoms with E-state index in [-0.39, 0.29) is 5.15 Å². The second kappa shape index (κ2) is 4.22. The number of nitrogens with one attached hydrogen (secondary N) is 1. The molecule has 0 atom stereocenters. The van der Waals surface area contributed by atoms with Gasteiger partial charge in [0.1, 0.15) is 6.34 Å². The summed E-state index contributed by atoms with van der Waals surface area (Å²) < 4.78 is 0.641.